The van der Waals surface area contributed by atoms with Crippen LogP contribution < -0.4 is 9.47 Å². The third-order valence-corrected chi connectivity index (χ3v) is 3.81. The monoisotopic (exact) mass is 286 g/mol. The Morgan fingerprint density at radius 1 is 1.19 bits per heavy atom. The van der Waals surface area contributed by atoms with Gasteiger partial charge >= 0.3 is 5.97 Å². The van der Waals surface area contributed by atoms with Crippen molar-refractivity contribution in [3.63, 3.8) is 0 Å². The van der Waals surface area contributed by atoms with Gasteiger partial charge in [-0.2, -0.15) is 10.5 Å². The van der Waals surface area contributed by atoms with E-state index in [0.717, 1.165) is 0 Å². The van der Waals surface area contributed by atoms with Gasteiger partial charge in [0.2, 0.25) is 0 Å². The number of nitrogens with zero attached hydrogens (tertiary/aromatic N) is 2. The standard InChI is InChI=1S/C15H14N2O4/c1-19-9-4-5-10(11(6-9)20-2)12-13(14(18)21-3)15(12,7-16)8-17/h4-6,12-13H,1-3H3/t12-,13-/m0/s1. The van der Waals surface area contributed by atoms with E-state index in [2.05, 4.69) is 0 Å². The Balaban J connectivity index is 2.49. The molecule has 2 rings (SSSR count). The molecule has 1 aliphatic carbocycles. The third kappa shape index (κ3) is 2.05. The van der Waals surface area contributed by atoms with Gasteiger partial charge in [0.1, 0.15) is 11.5 Å². The van der Waals surface area contributed by atoms with Crippen LogP contribution in [0.1, 0.15) is 11.5 Å². The van der Waals surface area contributed by atoms with E-state index in [1.807, 2.05) is 12.1 Å². The molecule has 1 saturated carbocycles. The first-order valence-corrected chi connectivity index (χ1v) is 6.21. The van der Waals surface area contributed by atoms with E-state index >= 15 is 0 Å². The number of hydrogen-bond donors (Lipinski definition) is 0. The lowest BCUT2D eigenvalue weighted by atomic mass is 10.0. The Morgan fingerprint density at radius 3 is 2.33 bits per heavy atom. The molecule has 0 N–H and O–H groups in total. The van der Waals surface area contributed by atoms with Gasteiger partial charge in [-0.25, -0.2) is 0 Å². The SMILES string of the molecule is COC(=O)[C@@H]1[C@H](c2ccc(OC)cc2OC)C1(C#N)C#N. The van der Waals surface area contributed by atoms with Crippen molar-refractivity contribution in [3.8, 4) is 23.6 Å². The summed E-state index contributed by atoms with van der Waals surface area (Å²) in [6.07, 6.45) is 0. The van der Waals surface area contributed by atoms with E-state index in [1.54, 1.807) is 18.2 Å². The lowest BCUT2D eigenvalue weighted by Crippen LogP contribution is -2.09. The molecule has 6 nitrogen and oxygen atoms in total. The van der Waals surface area contributed by atoms with E-state index in [0.29, 0.717) is 17.1 Å². The highest BCUT2D eigenvalue weighted by molar-refractivity contribution is 5.83. The largest absolute Gasteiger partial charge is 0.497 e. The summed E-state index contributed by atoms with van der Waals surface area (Å²) in [4.78, 5) is 11.8. The molecule has 21 heavy (non-hydrogen) atoms. The highest BCUT2D eigenvalue weighted by Crippen LogP contribution is 2.66. The summed E-state index contributed by atoms with van der Waals surface area (Å²) in [5.41, 5.74) is -0.786. The molecule has 0 spiro atoms. The molecule has 0 saturated heterocycles. The second kappa shape index (κ2) is 5.34. The minimum Gasteiger partial charge on any atom is -0.497 e. The molecule has 1 fully saturated rings. The van der Waals surface area contributed by atoms with Gasteiger partial charge in [0.05, 0.1) is 39.4 Å². The molecule has 6 heteroatoms. The number of hydrogen-bond acceptors (Lipinski definition) is 6. The predicted octanol–water partition coefficient (Wildman–Crippen LogP) is 1.62. The highest BCUT2D eigenvalue weighted by atomic mass is 16.5. The third-order valence-electron chi connectivity index (χ3n) is 3.81. The van der Waals surface area contributed by atoms with Gasteiger partial charge < -0.3 is 14.2 Å². The molecule has 0 aromatic heterocycles. The maximum absolute atomic E-state index is 11.8. The fourth-order valence-corrected chi connectivity index (χ4v) is 2.64. The van der Waals surface area contributed by atoms with Crippen LogP contribution in [0.15, 0.2) is 18.2 Å². The van der Waals surface area contributed by atoms with Crippen molar-refractivity contribution in [1.29, 1.82) is 10.5 Å². The summed E-state index contributed by atoms with van der Waals surface area (Å²) < 4.78 is 15.1. The lowest BCUT2D eigenvalue weighted by Gasteiger charge is -2.10. The van der Waals surface area contributed by atoms with Gasteiger partial charge in [0.25, 0.3) is 0 Å². The average molecular weight is 286 g/mol. The fourth-order valence-electron chi connectivity index (χ4n) is 2.64. The van der Waals surface area contributed by atoms with E-state index < -0.39 is 23.2 Å². The number of rotatable bonds is 4. The first-order valence-electron chi connectivity index (χ1n) is 6.21. The number of nitriles is 2. The molecular weight excluding hydrogens is 272 g/mol. The number of benzene rings is 1. The summed E-state index contributed by atoms with van der Waals surface area (Å²) in [6.45, 7) is 0. The number of methoxy groups -OCH3 is 3. The second-order valence-corrected chi connectivity index (χ2v) is 4.68. The summed E-state index contributed by atoms with van der Waals surface area (Å²) in [7, 11) is 4.24. The van der Waals surface area contributed by atoms with Crippen molar-refractivity contribution in [1.82, 2.24) is 0 Å². The van der Waals surface area contributed by atoms with Crippen molar-refractivity contribution in [2.75, 3.05) is 21.3 Å². The summed E-state index contributed by atoms with van der Waals surface area (Å²) in [6, 6.07) is 8.95. The first-order chi connectivity index (χ1) is 10.1. The molecular formula is C15H14N2O4. The van der Waals surface area contributed by atoms with Crippen LogP contribution in [0.25, 0.3) is 0 Å². The number of carbonyl (C=O) groups is 1. The Bertz CT molecular complexity index is 643. The van der Waals surface area contributed by atoms with Crippen LogP contribution in [0.3, 0.4) is 0 Å². The van der Waals surface area contributed by atoms with Crippen LogP contribution in [-0.2, 0) is 9.53 Å². The molecule has 0 bridgehead atoms. The van der Waals surface area contributed by atoms with Crippen molar-refractivity contribution < 1.29 is 19.0 Å². The van der Waals surface area contributed by atoms with Gasteiger partial charge in [-0.05, 0) is 6.07 Å². The van der Waals surface area contributed by atoms with E-state index in [4.69, 9.17) is 14.2 Å². The Morgan fingerprint density at radius 2 is 1.86 bits per heavy atom. The summed E-state index contributed by atoms with van der Waals surface area (Å²) in [5.74, 6) is -0.882. The van der Waals surface area contributed by atoms with Crippen LogP contribution >= 0.6 is 0 Å². The van der Waals surface area contributed by atoms with Crippen LogP contribution in [0.4, 0.5) is 0 Å². The quantitative estimate of drug-likeness (QED) is 0.781. The number of esters is 1. The van der Waals surface area contributed by atoms with Crippen LogP contribution in [0.2, 0.25) is 0 Å². The first kappa shape index (κ1) is 14.7. The zero-order valence-electron chi connectivity index (χ0n) is 11.9. The van der Waals surface area contributed by atoms with Gasteiger partial charge in [-0.3, -0.25) is 4.79 Å². The molecule has 0 amide bonds. The molecule has 1 aromatic rings. The Labute approximate surface area is 122 Å². The molecule has 1 aliphatic rings. The molecule has 0 radical (unpaired) electrons. The van der Waals surface area contributed by atoms with Crippen LogP contribution in [0, 0.1) is 34.0 Å². The summed E-state index contributed by atoms with van der Waals surface area (Å²) >= 11 is 0. The number of ether oxygens (including phenoxy) is 3. The molecule has 0 heterocycles. The van der Waals surface area contributed by atoms with Gasteiger partial charge in [-0.15, -0.1) is 0 Å². The van der Waals surface area contributed by atoms with Crippen LogP contribution in [-0.4, -0.2) is 27.3 Å². The van der Waals surface area contributed by atoms with Crippen molar-refractivity contribution in [2.24, 2.45) is 11.3 Å². The minimum atomic E-state index is -1.41. The molecule has 2 atom stereocenters. The highest BCUT2D eigenvalue weighted by Gasteiger charge is 2.72. The molecule has 0 aliphatic heterocycles. The maximum Gasteiger partial charge on any atom is 0.312 e. The zero-order chi connectivity index (χ0) is 15.6. The average Bonchev–Trinajstić information content (AvgIpc) is 3.22. The normalized spacial score (nSPS) is 21.6. The van der Waals surface area contributed by atoms with E-state index in [9.17, 15) is 15.3 Å². The number of carbonyl (C=O) groups excluding carboxylic acids is 1. The second-order valence-electron chi connectivity index (χ2n) is 4.68. The fraction of sp³-hybridized carbons (Fsp3) is 0.400. The predicted molar refractivity (Wildman–Crippen MR) is 71.5 cm³/mol. The van der Waals surface area contributed by atoms with Gasteiger partial charge in [-0.1, -0.05) is 6.07 Å². The van der Waals surface area contributed by atoms with Crippen molar-refractivity contribution >= 4 is 5.97 Å². The maximum atomic E-state index is 11.8. The van der Waals surface area contributed by atoms with Crippen molar-refractivity contribution in [2.45, 2.75) is 5.92 Å². The lowest BCUT2D eigenvalue weighted by molar-refractivity contribution is -0.142. The van der Waals surface area contributed by atoms with Gasteiger partial charge in [0.15, 0.2) is 5.41 Å². The smallest absolute Gasteiger partial charge is 0.312 e. The van der Waals surface area contributed by atoms with E-state index in [-0.39, 0.29) is 0 Å². The minimum absolute atomic E-state index is 0.473. The van der Waals surface area contributed by atoms with Gasteiger partial charge in [0, 0.05) is 17.5 Å². The Kier molecular flexibility index (Phi) is 3.73. The molecule has 0 unspecified atom stereocenters. The topological polar surface area (TPSA) is 92.3 Å². The van der Waals surface area contributed by atoms with Crippen LogP contribution in [0.5, 0.6) is 11.5 Å². The molecule has 108 valence electrons. The van der Waals surface area contributed by atoms with E-state index in [1.165, 1.54) is 21.3 Å². The molecule has 1 aromatic carbocycles. The summed E-state index contributed by atoms with van der Waals surface area (Å²) in [5, 5.41) is 18.6. The zero-order valence-corrected chi connectivity index (χ0v) is 11.9. The Hall–Kier alpha value is -2.73. The van der Waals surface area contributed by atoms with Crippen molar-refractivity contribution in [3.05, 3.63) is 23.8 Å².